The smallest absolute Gasteiger partial charge is 0.264 e. The predicted molar refractivity (Wildman–Crippen MR) is 95.1 cm³/mol. The molecule has 1 saturated heterocycles. The van der Waals surface area contributed by atoms with Gasteiger partial charge in [-0.3, -0.25) is 4.79 Å². The Kier molecular flexibility index (Phi) is 4.50. The van der Waals surface area contributed by atoms with E-state index in [0.29, 0.717) is 13.0 Å². The number of anilines is 1. The van der Waals surface area contributed by atoms with E-state index in [4.69, 9.17) is 4.74 Å². The molecule has 4 atom stereocenters. The van der Waals surface area contributed by atoms with Gasteiger partial charge in [-0.05, 0) is 26.3 Å². The average molecular weight is 347 g/mol. The van der Waals surface area contributed by atoms with Crippen LogP contribution < -0.4 is 4.90 Å². The van der Waals surface area contributed by atoms with Crippen LogP contribution in [0.5, 0.6) is 0 Å². The van der Waals surface area contributed by atoms with Crippen molar-refractivity contribution in [2.24, 2.45) is 11.8 Å². The number of halogens is 1. The molecule has 25 heavy (non-hydrogen) atoms. The van der Waals surface area contributed by atoms with Crippen LogP contribution in [0.15, 0.2) is 36.9 Å². The first-order chi connectivity index (χ1) is 11.8. The molecule has 1 aromatic carbocycles. The van der Waals surface area contributed by atoms with E-state index < -0.39 is 23.3 Å². The molecule has 0 bridgehead atoms. The Morgan fingerprint density at radius 2 is 2.12 bits per heavy atom. The van der Waals surface area contributed by atoms with Crippen LogP contribution in [-0.2, 0) is 15.1 Å². The van der Waals surface area contributed by atoms with E-state index in [1.807, 2.05) is 31.2 Å². The Morgan fingerprint density at radius 1 is 1.44 bits per heavy atom. The van der Waals surface area contributed by atoms with E-state index in [9.17, 15) is 14.3 Å². The van der Waals surface area contributed by atoms with Gasteiger partial charge < -0.3 is 14.7 Å². The summed E-state index contributed by atoms with van der Waals surface area (Å²) in [4.78, 5) is 15.0. The molecule has 4 nitrogen and oxygen atoms in total. The zero-order valence-corrected chi connectivity index (χ0v) is 15.0. The molecule has 1 N–H and O–H groups in total. The fourth-order valence-electron chi connectivity index (χ4n) is 4.71. The second-order valence-corrected chi connectivity index (χ2v) is 7.50. The number of para-hydroxylation sites is 1. The van der Waals surface area contributed by atoms with Crippen molar-refractivity contribution in [2.75, 3.05) is 18.1 Å². The van der Waals surface area contributed by atoms with Crippen molar-refractivity contribution >= 4 is 11.6 Å². The van der Waals surface area contributed by atoms with Crippen molar-refractivity contribution in [1.29, 1.82) is 0 Å². The molecule has 1 amide bonds. The van der Waals surface area contributed by atoms with E-state index >= 15 is 0 Å². The lowest BCUT2D eigenvalue weighted by Gasteiger charge is -2.32. The average Bonchev–Trinajstić information content (AvgIpc) is 2.97. The summed E-state index contributed by atoms with van der Waals surface area (Å²) in [6, 6.07) is 7.52. The Morgan fingerprint density at radius 3 is 2.72 bits per heavy atom. The number of carbonyl (C=O) groups is 1. The SMILES string of the molecule is C=CCN1C(=O)[C@@]2(O[C@@H](CCO)[C@H](C(C)(C)F)[C@H]2C)c2ccccc21. The molecule has 2 aliphatic heterocycles. The molecule has 3 rings (SSSR count). The van der Waals surface area contributed by atoms with Gasteiger partial charge in [-0.2, -0.15) is 0 Å². The summed E-state index contributed by atoms with van der Waals surface area (Å²) < 4.78 is 21.3. The van der Waals surface area contributed by atoms with E-state index in [1.165, 1.54) is 13.8 Å². The zero-order valence-electron chi connectivity index (χ0n) is 15.0. The summed E-state index contributed by atoms with van der Waals surface area (Å²) >= 11 is 0. The van der Waals surface area contributed by atoms with Gasteiger partial charge in [0, 0.05) is 30.6 Å². The number of nitrogens with zero attached hydrogens (tertiary/aromatic N) is 1. The maximum atomic E-state index is 15.0. The van der Waals surface area contributed by atoms with Gasteiger partial charge in [0.2, 0.25) is 0 Å². The highest BCUT2D eigenvalue weighted by molar-refractivity contribution is 6.07. The third-order valence-electron chi connectivity index (χ3n) is 5.59. The number of amides is 1. The van der Waals surface area contributed by atoms with Gasteiger partial charge in [0.25, 0.3) is 5.91 Å². The van der Waals surface area contributed by atoms with Gasteiger partial charge in [0.1, 0.15) is 5.67 Å². The van der Waals surface area contributed by atoms with Crippen molar-refractivity contribution in [1.82, 2.24) is 0 Å². The number of hydrogen-bond donors (Lipinski definition) is 1. The first kappa shape index (κ1) is 18.1. The Bertz CT molecular complexity index is 684. The third-order valence-corrected chi connectivity index (χ3v) is 5.59. The second kappa shape index (κ2) is 6.22. The molecular formula is C20H26FNO3. The van der Waals surface area contributed by atoms with Crippen LogP contribution in [0.25, 0.3) is 0 Å². The van der Waals surface area contributed by atoms with Crippen LogP contribution in [0.2, 0.25) is 0 Å². The normalized spacial score (nSPS) is 31.6. The fraction of sp³-hybridized carbons (Fsp3) is 0.550. The minimum absolute atomic E-state index is 0.105. The van der Waals surface area contributed by atoms with Crippen molar-refractivity contribution in [2.45, 2.75) is 44.6 Å². The van der Waals surface area contributed by atoms with Crippen LogP contribution in [-0.4, -0.2) is 35.9 Å². The van der Waals surface area contributed by atoms with Gasteiger partial charge in [0.15, 0.2) is 5.60 Å². The molecule has 0 radical (unpaired) electrons. The van der Waals surface area contributed by atoms with Crippen LogP contribution in [0.4, 0.5) is 10.1 Å². The largest absolute Gasteiger partial charge is 0.396 e. The molecule has 2 heterocycles. The number of aliphatic hydroxyl groups excluding tert-OH is 1. The standard InChI is InChI=1S/C20H26FNO3/c1-5-11-22-15-9-7-6-8-14(15)20(18(22)24)13(2)17(19(3,4)21)16(25-20)10-12-23/h5-9,13,16-17,23H,1,10-12H2,2-4H3/t13-,16+,17-,20+/m1/s1. The summed E-state index contributed by atoms with van der Waals surface area (Å²) in [7, 11) is 0. The van der Waals surface area contributed by atoms with E-state index in [2.05, 4.69) is 6.58 Å². The van der Waals surface area contributed by atoms with Crippen molar-refractivity contribution in [3.63, 3.8) is 0 Å². The first-order valence-electron chi connectivity index (χ1n) is 8.79. The summed E-state index contributed by atoms with van der Waals surface area (Å²) in [6.07, 6.45) is 1.47. The summed E-state index contributed by atoms with van der Waals surface area (Å²) in [5, 5.41) is 9.41. The van der Waals surface area contributed by atoms with Crippen LogP contribution in [0.3, 0.4) is 0 Å². The number of aliphatic hydroxyl groups is 1. The number of carbonyl (C=O) groups excluding carboxylic acids is 1. The molecule has 0 aliphatic carbocycles. The number of hydrogen-bond acceptors (Lipinski definition) is 3. The van der Waals surface area contributed by atoms with Crippen LogP contribution >= 0.6 is 0 Å². The summed E-state index contributed by atoms with van der Waals surface area (Å²) in [5.74, 6) is -1.01. The van der Waals surface area contributed by atoms with Gasteiger partial charge in [-0.15, -0.1) is 6.58 Å². The van der Waals surface area contributed by atoms with E-state index in [-0.39, 0.29) is 18.4 Å². The highest BCUT2D eigenvalue weighted by Gasteiger charge is 2.65. The van der Waals surface area contributed by atoms with Crippen molar-refractivity contribution in [3.8, 4) is 0 Å². The molecule has 1 aromatic rings. The lowest BCUT2D eigenvalue weighted by molar-refractivity contribution is -0.146. The molecule has 0 saturated carbocycles. The maximum Gasteiger partial charge on any atom is 0.264 e. The number of alkyl halides is 1. The summed E-state index contributed by atoms with van der Waals surface area (Å²) in [5.41, 5.74) is -1.15. The highest BCUT2D eigenvalue weighted by atomic mass is 19.1. The van der Waals surface area contributed by atoms with Crippen LogP contribution in [0.1, 0.15) is 32.8 Å². The first-order valence-corrected chi connectivity index (χ1v) is 8.79. The molecule has 0 unspecified atom stereocenters. The van der Waals surface area contributed by atoms with E-state index in [0.717, 1.165) is 11.3 Å². The molecule has 2 aliphatic rings. The molecule has 1 fully saturated rings. The number of rotatable bonds is 5. The predicted octanol–water partition coefficient (Wildman–Crippen LogP) is 3.20. The van der Waals surface area contributed by atoms with Gasteiger partial charge in [0.05, 0.1) is 11.8 Å². The third kappa shape index (κ3) is 2.52. The lowest BCUT2D eigenvalue weighted by Crippen LogP contribution is -2.45. The van der Waals surface area contributed by atoms with E-state index in [1.54, 1.807) is 11.0 Å². The second-order valence-electron chi connectivity index (χ2n) is 7.50. The Labute approximate surface area is 148 Å². The molecule has 0 aromatic heterocycles. The Hall–Kier alpha value is -1.72. The topological polar surface area (TPSA) is 49.8 Å². The molecular weight excluding hydrogens is 321 g/mol. The number of ether oxygens (including phenoxy) is 1. The maximum absolute atomic E-state index is 15.0. The molecule has 136 valence electrons. The monoisotopic (exact) mass is 347 g/mol. The molecule has 5 heteroatoms. The minimum Gasteiger partial charge on any atom is -0.396 e. The number of benzene rings is 1. The Balaban J connectivity index is 2.15. The molecule has 1 spiro atoms. The quantitative estimate of drug-likeness (QED) is 0.832. The van der Waals surface area contributed by atoms with Crippen molar-refractivity contribution in [3.05, 3.63) is 42.5 Å². The highest BCUT2D eigenvalue weighted by Crippen LogP contribution is 2.58. The van der Waals surface area contributed by atoms with Crippen LogP contribution in [0, 0.1) is 11.8 Å². The van der Waals surface area contributed by atoms with Gasteiger partial charge >= 0.3 is 0 Å². The zero-order chi connectivity index (χ0) is 18.4. The lowest BCUT2D eigenvalue weighted by atomic mass is 9.71. The summed E-state index contributed by atoms with van der Waals surface area (Å²) in [6.45, 7) is 8.94. The van der Waals surface area contributed by atoms with Gasteiger partial charge in [-0.25, -0.2) is 4.39 Å². The number of fused-ring (bicyclic) bond motifs is 2. The van der Waals surface area contributed by atoms with Crippen molar-refractivity contribution < 1.29 is 19.0 Å². The minimum atomic E-state index is -1.52. The van der Waals surface area contributed by atoms with Gasteiger partial charge in [-0.1, -0.05) is 31.2 Å². The fourth-order valence-corrected chi connectivity index (χ4v) is 4.71.